The number of esters is 1. The highest BCUT2D eigenvalue weighted by molar-refractivity contribution is 6.00. The van der Waals surface area contributed by atoms with E-state index in [-0.39, 0.29) is 17.8 Å². The smallest absolute Gasteiger partial charge is 0.410 e. The van der Waals surface area contributed by atoms with Gasteiger partial charge in [-0.05, 0) is 63.5 Å². The van der Waals surface area contributed by atoms with Gasteiger partial charge in [-0.1, -0.05) is 24.3 Å². The van der Waals surface area contributed by atoms with Gasteiger partial charge < -0.3 is 19.1 Å². The molecular weight excluding hydrogens is 436 g/mol. The van der Waals surface area contributed by atoms with Gasteiger partial charge in [0.2, 0.25) is 0 Å². The largest absolute Gasteiger partial charge is 0.497 e. The van der Waals surface area contributed by atoms with E-state index >= 15 is 0 Å². The number of methoxy groups -OCH3 is 2. The number of ketones is 1. The molecule has 2 atom stereocenters. The molecule has 8 heteroatoms. The quantitative estimate of drug-likeness (QED) is 0.591. The second-order valence-corrected chi connectivity index (χ2v) is 9.75. The summed E-state index contributed by atoms with van der Waals surface area (Å²) in [5, 5.41) is 0. The maximum Gasteiger partial charge on any atom is 0.410 e. The highest BCUT2D eigenvalue weighted by Gasteiger charge is 2.50. The van der Waals surface area contributed by atoms with E-state index in [1.54, 1.807) is 19.1 Å². The number of likely N-dealkylation sites (tertiary alicyclic amines) is 1. The number of benzene rings is 1. The first-order valence-corrected chi connectivity index (χ1v) is 11.3. The van der Waals surface area contributed by atoms with Gasteiger partial charge in [-0.25, -0.2) is 4.79 Å². The molecule has 2 aliphatic rings. The predicted molar refractivity (Wildman–Crippen MR) is 128 cm³/mol. The van der Waals surface area contributed by atoms with Crippen LogP contribution in [0.5, 0.6) is 5.75 Å². The summed E-state index contributed by atoms with van der Waals surface area (Å²) in [5.41, 5.74) is -0.392. The average molecular weight is 471 g/mol. The van der Waals surface area contributed by atoms with Crippen molar-refractivity contribution in [1.82, 2.24) is 9.80 Å². The number of carbonyl (C=O) groups is 3. The van der Waals surface area contributed by atoms with Crippen LogP contribution in [0.4, 0.5) is 4.79 Å². The van der Waals surface area contributed by atoms with Crippen molar-refractivity contribution < 1.29 is 28.6 Å². The summed E-state index contributed by atoms with van der Waals surface area (Å²) in [6.07, 6.45) is 7.16. The van der Waals surface area contributed by atoms with Crippen LogP contribution in [0.25, 0.3) is 0 Å². The molecule has 1 heterocycles. The highest BCUT2D eigenvalue weighted by Crippen LogP contribution is 2.39. The third kappa shape index (κ3) is 5.67. The molecule has 0 unspecified atom stereocenters. The Bertz CT molecular complexity index is 960. The molecule has 1 saturated heterocycles. The minimum Gasteiger partial charge on any atom is -0.497 e. The van der Waals surface area contributed by atoms with Gasteiger partial charge in [-0.3, -0.25) is 14.5 Å². The molecule has 0 bridgehead atoms. The minimum absolute atomic E-state index is 0.112. The average Bonchev–Trinajstić information content (AvgIpc) is 3.16. The zero-order chi connectivity index (χ0) is 25.1. The van der Waals surface area contributed by atoms with Gasteiger partial charge in [-0.15, -0.1) is 0 Å². The fourth-order valence-corrected chi connectivity index (χ4v) is 4.45. The van der Waals surface area contributed by atoms with Crippen LogP contribution < -0.4 is 4.74 Å². The van der Waals surface area contributed by atoms with E-state index in [2.05, 4.69) is 0 Å². The summed E-state index contributed by atoms with van der Waals surface area (Å²) >= 11 is 0. The van der Waals surface area contributed by atoms with Crippen LogP contribution in [0, 0.1) is 0 Å². The molecular formula is C26H34N2O6. The van der Waals surface area contributed by atoms with Gasteiger partial charge in [-0.2, -0.15) is 0 Å². The van der Waals surface area contributed by atoms with Gasteiger partial charge >= 0.3 is 12.1 Å². The number of nitrogens with zero attached hydrogens (tertiary/aromatic N) is 2. The highest BCUT2D eigenvalue weighted by atomic mass is 16.6. The Balaban J connectivity index is 1.93. The summed E-state index contributed by atoms with van der Waals surface area (Å²) in [7, 11) is 4.67. The van der Waals surface area contributed by atoms with Crippen molar-refractivity contribution in [3.8, 4) is 5.75 Å². The van der Waals surface area contributed by atoms with E-state index in [4.69, 9.17) is 14.2 Å². The monoisotopic (exact) mass is 470 g/mol. The minimum atomic E-state index is -0.708. The predicted octanol–water partition coefficient (Wildman–Crippen LogP) is 3.15. The van der Waals surface area contributed by atoms with Crippen molar-refractivity contribution in [2.45, 2.75) is 56.8 Å². The maximum atomic E-state index is 13.0. The van der Waals surface area contributed by atoms with E-state index in [0.717, 1.165) is 11.3 Å². The number of ether oxygens (including phenoxy) is 3. The lowest BCUT2D eigenvalue weighted by molar-refractivity contribution is -0.147. The fourth-order valence-electron chi connectivity index (χ4n) is 4.45. The molecule has 8 nitrogen and oxygen atoms in total. The Kier molecular flexibility index (Phi) is 7.51. The molecule has 1 aliphatic carbocycles. The lowest BCUT2D eigenvalue weighted by Crippen LogP contribution is -2.52. The van der Waals surface area contributed by atoms with Crippen molar-refractivity contribution >= 4 is 17.8 Å². The molecule has 3 rings (SSSR count). The molecule has 1 spiro atoms. The number of hydrogen-bond donors (Lipinski definition) is 0. The van der Waals surface area contributed by atoms with E-state index < -0.39 is 23.3 Å². The molecule has 1 aromatic rings. The van der Waals surface area contributed by atoms with Crippen LogP contribution >= 0.6 is 0 Å². The van der Waals surface area contributed by atoms with Gasteiger partial charge in [0.1, 0.15) is 17.4 Å². The number of allylic oxidation sites excluding steroid dienone is 2. The second-order valence-electron chi connectivity index (χ2n) is 9.75. The Morgan fingerprint density at radius 1 is 1.15 bits per heavy atom. The molecule has 1 aromatic carbocycles. The zero-order valence-corrected chi connectivity index (χ0v) is 20.7. The first-order chi connectivity index (χ1) is 16.0. The lowest BCUT2D eigenvalue weighted by Gasteiger charge is -2.38. The number of carbonyl (C=O) groups excluding carboxylic acids is 3. The molecule has 0 aromatic heterocycles. The van der Waals surface area contributed by atoms with Crippen LogP contribution in [0.15, 0.2) is 48.6 Å². The van der Waals surface area contributed by atoms with Crippen molar-refractivity contribution in [3.63, 3.8) is 0 Å². The molecule has 1 amide bonds. The van der Waals surface area contributed by atoms with Crippen LogP contribution in [0.2, 0.25) is 0 Å². The zero-order valence-electron chi connectivity index (χ0n) is 20.7. The topological polar surface area (TPSA) is 85.4 Å². The standard InChI is InChI=1S/C26H34N2O6/c1-25(2,3)34-24(31)27(4)19-16-26(13-11-20(29)12-14-26)28(17-19)22(23(30)33-6)15-18-7-9-21(32-5)10-8-18/h7-14,19,22H,15-17H2,1-6H3/t19-,22-/m0/s1. The van der Waals surface area contributed by atoms with E-state index in [1.807, 2.05) is 62.1 Å². The number of rotatable bonds is 6. The van der Waals surface area contributed by atoms with E-state index in [0.29, 0.717) is 19.4 Å². The maximum absolute atomic E-state index is 13.0. The normalized spacial score (nSPS) is 20.3. The molecule has 184 valence electrons. The number of amides is 1. The molecule has 1 fully saturated rings. The number of likely N-dealkylation sites (N-methyl/N-ethyl adjacent to an activating group) is 1. The SMILES string of the molecule is COC(=O)[C@H](Cc1ccc(OC)cc1)N1C[C@@H](N(C)C(=O)OC(C)(C)C)CC12C=CC(=O)C=C2. The Labute approximate surface area is 201 Å². The Morgan fingerprint density at radius 2 is 1.76 bits per heavy atom. The van der Waals surface area contributed by atoms with Gasteiger partial charge in [0.25, 0.3) is 0 Å². The van der Waals surface area contributed by atoms with Gasteiger partial charge in [0.15, 0.2) is 5.78 Å². The summed E-state index contributed by atoms with van der Waals surface area (Å²) < 4.78 is 16.0. The molecule has 0 saturated carbocycles. The van der Waals surface area contributed by atoms with Crippen LogP contribution in [0.3, 0.4) is 0 Å². The van der Waals surface area contributed by atoms with E-state index in [9.17, 15) is 14.4 Å². The Morgan fingerprint density at radius 3 is 2.29 bits per heavy atom. The first-order valence-electron chi connectivity index (χ1n) is 11.3. The van der Waals surface area contributed by atoms with Gasteiger partial charge in [0.05, 0.1) is 19.8 Å². The van der Waals surface area contributed by atoms with Crippen molar-refractivity contribution in [3.05, 3.63) is 54.1 Å². The second kappa shape index (κ2) is 10.0. The van der Waals surface area contributed by atoms with Crippen LogP contribution in [-0.4, -0.2) is 78.7 Å². The van der Waals surface area contributed by atoms with Crippen molar-refractivity contribution in [2.24, 2.45) is 0 Å². The van der Waals surface area contributed by atoms with Crippen molar-refractivity contribution in [2.75, 3.05) is 27.8 Å². The summed E-state index contributed by atoms with van der Waals surface area (Å²) in [5.74, 6) is 0.237. The Hall–Kier alpha value is -3.13. The third-order valence-electron chi connectivity index (χ3n) is 6.24. The van der Waals surface area contributed by atoms with Crippen LogP contribution in [0.1, 0.15) is 32.8 Å². The number of hydrogen-bond acceptors (Lipinski definition) is 7. The molecule has 34 heavy (non-hydrogen) atoms. The molecule has 0 N–H and O–H groups in total. The molecule has 1 aliphatic heterocycles. The lowest BCUT2D eigenvalue weighted by atomic mass is 9.88. The first kappa shape index (κ1) is 25.5. The molecule has 0 radical (unpaired) electrons. The van der Waals surface area contributed by atoms with Crippen LogP contribution in [-0.2, 0) is 25.5 Å². The van der Waals surface area contributed by atoms with E-state index in [1.165, 1.54) is 19.3 Å². The van der Waals surface area contributed by atoms with Gasteiger partial charge in [0, 0.05) is 19.6 Å². The third-order valence-corrected chi connectivity index (χ3v) is 6.24. The summed E-state index contributed by atoms with van der Waals surface area (Å²) in [6, 6.07) is 6.66. The van der Waals surface area contributed by atoms with Crippen molar-refractivity contribution in [1.29, 1.82) is 0 Å². The summed E-state index contributed by atoms with van der Waals surface area (Å²) in [4.78, 5) is 41.3. The fraction of sp³-hybridized carbons (Fsp3) is 0.500. The summed E-state index contributed by atoms with van der Waals surface area (Å²) in [6.45, 7) is 5.87.